The van der Waals surface area contributed by atoms with Crippen LogP contribution in [0.1, 0.15) is 0 Å². The molecule has 0 radical (unpaired) electrons. The summed E-state index contributed by atoms with van der Waals surface area (Å²) in [6, 6.07) is 8.36. The highest BCUT2D eigenvalue weighted by atomic mass is 32.2. The summed E-state index contributed by atoms with van der Waals surface area (Å²) in [7, 11) is 1.97. The summed E-state index contributed by atoms with van der Waals surface area (Å²) < 4.78 is 0. The van der Waals surface area contributed by atoms with Gasteiger partial charge in [0.25, 0.3) is 0 Å². The second-order valence-electron chi connectivity index (χ2n) is 2.82. The summed E-state index contributed by atoms with van der Waals surface area (Å²) >= 11 is 6.73. The standard InChI is InChI=1S/C9H10N2S2/c1-10(6-12)11-7-13-9-5-3-2-4-8(9)11/h2-6H,7H2,1H3. The van der Waals surface area contributed by atoms with Crippen LogP contribution in [0, 0.1) is 0 Å². The van der Waals surface area contributed by atoms with Gasteiger partial charge in [-0.1, -0.05) is 24.4 Å². The Bertz CT molecular complexity index is 327. The minimum absolute atomic E-state index is 0.947. The van der Waals surface area contributed by atoms with Gasteiger partial charge in [-0.15, -0.1) is 11.8 Å². The predicted octanol–water partition coefficient (Wildman–Crippen LogP) is 2.36. The second-order valence-corrected chi connectivity index (χ2v) is 4.02. The molecule has 0 unspecified atom stereocenters. The van der Waals surface area contributed by atoms with E-state index in [0.717, 1.165) is 5.88 Å². The third-order valence-electron chi connectivity index (χ3n) is 2.02. The third-order valence-corrected chi connectivity index (χ3v) is 3.35. The van der Waals surface area contributed by atoms with Crippen molar-refractivity contribution in [3.8, 4) is 0 Å². The quantitative estimate of drug-likeness (QED) is 0.691. The van der Waals surface area contributed by atoms with Gasteiger partial charge < -0.3 is 0 Å². The number of thioether (sulfide) groups is 1. The van der Waals surface area contributed by atoms with Crippen molar-refractivity contribution in [2.75, 3.05) is 17.9 Å². The molecule has 1 aliphatic heterocycles. The van der Waals surface area contributed by atoms with Gasteiger partial charge in [0.05, 0.1) is 17.1 Å². The SMILES string of the molecule is CN(C=S)N1CSc2ccccc21. The maximum absolute atomic E-state index is 4.89. The first-order chi connectivity index (χ1) is 6.33. The number of fused-ring (bicyclic) bond motifs is 1. The molecule has 1 aromatic carbocycles. The fourth-order valence-corrected chi connectivity index (χ4v) is 2.50. The molecule has 0 saturated heterocycles. The number of para-hydroxylation sites is 1. The van der Waals surface area contributed by atoms with Crippen LogP contribution in [0.15, 0.2) is 29.2 Å². The summed E-state index contributed by atoms with van der Waals surface area (Å²) in [5.41, 5.74) is 2.90. The molecule has 0 N–H and O–H groups in total. The fraction of sp³-hybridized carbons (Fsp3) is 0.222. The van der Waals surface area contributed by atoms with Crippen LogP contribution in [-0.2, 0) is 0 Å². The van der Waals surface area contributed by atoms with E-state index in [1.54, 1.807) is 5.49 Å². The lowest BCUT2D eigenvalue weighted by Crippen LogP contribution is -2.36. The zero-order chi connectivity index (χ0) is 9.26. The van der Waals surface area contributed by atoms with Crippen molar-refractivity contribution in [1.82, 2.24) is 5.01 Å². The molecule has 1 aromatic rings. The average Bonchev–Trinajstić information content (AvgIpc) is 2.60. The summed E-state index contributed by atoms with van der Waals surface area (Å²) in [6.07, 6.45) is 0. The molecule has 0 fully saturated rings. The van der Waals surface area contributed by atoms with E-state index < -0.39 is 0 Å². The van der Waals surface area contributed by atoms with Gasteiger partial charge in [0.15, 0.2) is 0 Å². The van der Waals surface area contributed by atoms with Crippen molar-refractivity contribution < 1.29 is 0 Å². The van der Waals surface area contributed by atoms with Gasteiger partial charge in [0, 0.05) is 11.9 Å². The van der Waals surface area contributed by atoms with Gasteiger partial charge in [-0.25, -0.2) is 0 Å². The van der Waals surface area contributed by atoms with Gasteiger partial charge in [-0.3, -0.25) is 10.0 Å². The summed E-state index contributed by atoms with van der Waals surface area (Å²) in [5.74, 6) is 0.947. The van der Waals surface area contributed by atoms with E-state index in [9.17, 15) is 0 Å². The van der Waals surface area contributed by atoms with Crippen LogP contribution >= 0.6 is 24.0 Å². The molecule has 0 spiro atoms. The monoisotopic (exact) mass is 210 g/mol. The van der Waals surface area contributed by atoms with E-state index in [2.05, 4.69) is 29.3 Å². The van der Waals surface area contributed by atoms with Crippen LogP contribution in [0.2, 0.25) is 0 Å². The molecule has 2 nitrogen and oxygen atoms in total. The molecule has 0 atom stereocenters. The van der Waals surface area contributed by atoms with Gasteiger partial charge in [-0.05, 0) is 12.1 Å². The van der Waals surface area contributed by atoms with E-state index in [0.29, 0.717) is 0 Å². The minimum atomic E-state index is 0.947. The second kappa shape index (κ2) is 3.55. The Labute approximate surface area is 87.5 Å². The van der Waals surface area contributed by atoms with Crippen molar-refractivity contribution in [2.45, 2.75) is 4.90 Å². The predicted molar refractivity (Wildman–Crippen MR) is 61.1 cm³/mol. The van der Waals surface area contributed by atoms with Gasteiger partial charge in [0.2, 0.25) is 0 Å². The van der Waals surface area contributed by atoms with Gasteiger partial charge in [-0.2, -0.15) is 0 Å². The lowest BCUT2D eigenvalue weighted by atomic mass is 10.3. The molecule has 0 aromatic heterocycles. The zero-order valence-corrected chi connectivity index (χ0v) is 8.94. The van der Waals surface area contributed by atoms with E-state index in [4.69, 9.17) is 12.2 Å². The molecule has 2 rings (SSSR count). The molecular weight excluding hydrogens is 200 g/mol. The molecular formula is C9H10N2S2. The summed E-state index contributed by atoms with van der Waals surface area (Å²) in [4.78, 5) is 1.33. The van der Waals surface area contributed by atoms with Crippen LogP contribution in [-0.4, -0.2) is 23.4 Å². The molecule has 68 valence electrons. The fourth-order valence-electron chi connectivity index (χ4n) is 1.31. The Kier molecular flexibility index (Phi) is 2.42. The van der Waals surface area contributed by atoms with Crippen LogP contribution < -0.4 is 5.01 Å². The lowest BCUT2D eigenvalue weighted by molar-refractivity contribution is 0.508. The number of thiocarbonyl (C=S) groups is 1. The van der Waals surface area contributed by atoms with Crippen molar-refractivity contribution >= 4 is 35.2 Å². The largest absolute Gasteiger partial charge is 0.284 e. The number of rotatable bonds is 2. The van der Waals surface area contributed by atoms with Crippen LogP contribution in [0.5, 0.6) is 0 Å². The van der Waals surface area contributed by atoms with Crippen molar-refractivity contribution in [2.24, 2.45) is 0 Å². The number of hydrogen-bond donors (Lipinski definition) is 0. The highest BCUT2D eigenvalue weighted by Gasteiger charge is 2.20. The van der Waals surface area contributed by atoms with Crippen LogP contribution in [0.4, 0.5) is 5.69 Å². The average molecular weight is 210 g/mol. The molecule has 4 heteroatoms. The number of hydrogen-bond acceptors (Lipinski definition) is 3. The molecule has 0 saturated carbocycles. The van der Waals surface area contributed by atoms with E-state index in [1.165, 1.54) is 10.6 Å². The zero-order valence-electron chi connectivity index (χ0n) is 7.30. The Morgan fingerprint density at radius 3 is 3.08 bits per heavy atom. The van der Waals surface area contributed by atoms with E-state index >= 15 is 0 Å². The third kappa shape index (κ3) is 1.51. The highest BCUT2D eigenvalue weighted by Crippen LogP contribution is 2.38. The Morgan fingerprint density at radius 1 is 1.54 bits per heavy atom. The van der Waals surface area contributed by atoms with Crippen molar-refractivity contribution in [3.05, 3.63) is 24.3 Å². The lowest BCUT2D eigenvalue weighted by Gasteiger charge is -2.27. The van der Waals surface area contributed by atoms with Crippen LogP contribution in [0.25, 0.3) is 0 Å². The minimum Gasteiger partial charge on any atom is -0.284 e. The maximum atomic E-state index is 4.89. The number of hydrazine groups is 1. The number of benzene rings is 1. The first-order valence-electron chi connectivity index (χ1n) is 4.00. The molecule has 1 heterocycles. The molecule has 0 bridgehead atoms. The molecule has 0 amide bonds. The first kappa shape index (κ1) is 8.84. The van der Waals surface area contributed by atoms with Gasteiger partial charge >= 0.3 is 0 Å². The Morgan fingerprint density at radius 2 is 2.31 bits per heavy atom. The van der Waals surface area contributed by atoms with Crippen LogP contribution in [0.3, 0.4) is 0 Å². The van der Waals surface area contributed by atoms with E-state index in [1.807, 2.05) is 23.8 Å². The smallest absolute Gasteiger partial charge is 0.0898 e. The van der Waals surface area contributed by atoms with Crippen molar-refractivity contribution in [1.29, 1.82) is 0 Å². The number of anilines is 1. The number of nitrogens with zero attached hydrogens (tertiary/aromatic N) is 2. The first-order valence-corrected chi connectivity index (χ1v) is 5.46. The molecule has 1 aliphatic rings. The summed E-state index contributed by atoms with van der Waals surface area (Å²) in [5, 5.41) is 4.10. The molecule has 13 heavy (non-hydrogen) atoms. The van der Waals surface area contributed by atoms with E-state index in [-0.39, 0.29) is 0 Å². The highest BCUT2D eigenvalue weighted by molar-refractivity contribution is 7.99. The maximum Gasteiger partial charge on any atom is 0.0898 e. The van der Waals surface area contributed by atoms with Crippen molar-refractivity contribution in [3.63, 3.8) is 0 Å². The Balaban J connectivity index is 2.33. The Hall–Kier alpha value is -0.740. The topological polar surface area (TPSA) is 6.48 Å². The normalized spacial score (nSPS) is 14.1. The molecule has 0 aliphatic carbocycles. The van der Waals surface area contributed by atoms with Gasteiger partial charge in [0.1, 0.15) is 0 Å². The summed E-state index contributed by atoms with van der Waals surface area (Å²) in [6.45, 7) is 0.